The van der Waals surface area contributed by atoms with Gasteiger partial charge in [0.1, 0.15) is 24.5 Å². The number of aliphatic hydroxyl groups is 2. The Morgan fingerprint density at radius 1 is 1.19 bits per heavy atom. The molecule has 2 heterocycles. The molecule has 0 aliphatic rings. The number of nitrogens with one attached hydrogen (secondary N) is 1. The van der Waals surface area contributed by atoms with Crippen LogP contribution in [0.5, 0.6) is 17.2 Å². The molecular weight excluding hydrogens is 464 g/mol. The fourth-order valence-corrected chi connectivity index (χ4v) is 3.59. The van der Waals surface area contributed by atoms with E-state index in [9.17, 15) is 15.2 Å². The zero-order valence-corrected chi connectivity index (χ0v) is 19.6. The van der Waals surface area contributed by atoms with Gasteiger partial charge in [0.15, 0.2) is 11.5 Å². The summed E-state index contributed by atoms with van der Waals surface area (Å²) in [6.07, 6.45) is 2.01. The summed E-state index contributed by atoms with van der Waals surface area (Å²) in [6.45, 7) is 1.30. The Labute approximate surface area is 206 Å². The number of carbonyl (C=O) groups is 1. The Kier molecular flexibility index (Phi) is 7.34. The number of anilines is 2. The maximum absolute atomic E-state index is 12.1. The number of ether oxygens (including phenoxy) is 3. The van der Waals surface area contributed by atoms with Crippen molar-refractivity contribution in [2.45, 2.75) is 13.0 Å². The first-order chi connectivity index (χ1) is 17.4. The second kappa shape index (κ2) is 10.8. The number of nitriles is 1. The minimum atomic E-state index is -0.991. The van der Waals surface area contributed by atoms with Gasteiger partial charge in [-0.25, -0.2) is 9.31 Å². The summed E-state index contributed by atoms with van der Waals surface area (Å²) in [5.41, 5.74) is 3.09. The summed E-state index contributed by atoms with van der Waals surface area (Å²) >= 11 is 0. The van der Waals surface area contributed by atoms with Crippen LogP contribution in [0.4, 0.5) is 11.4 Å². The average molecular weight is 489 g/mol. The van der Waals surface area contributed by atoms with Crippen LogP contribution in [0.3, 0.4) is 0 Å². The molecule has 0 fully saturated rings. The molecule has 0 bridgehead atoms. The molecule has 3 N–H and O–H groups in total. The van der Waals surface area contributed by atoms with E-state index in [4.69, 9.17) is 19.3 Å². The highest BCUT2D eigenvalue weighted by Crippen LogP contribution is 2.34. The number of benzene rings is 2. The third kappa shape index (κ3) is 5.07. The number of rotatable bonds is 9. The topological polar surface area (TPSA) is 138 Å². The number of para-hydroxylation sites is 2. The average Bonchev–Trinajstić information content (AvgIpc) is 3.25. The van der Waals surface area contributed by atoms with E-state index in [1.807, 2.05) is 0 Å². The molecule has 0 spiro atoms. The van der Waals surface area contributed by atoms with Crippen LogP contribution in [0.15, 0.2) is 60.9 Å². The Balaban J connectivity index is 1.58. The predicted octanol–water partition coefficient (Wildman–Crippen LogP) is 3.57. The van der Waals surface area contributed by atoms with Crippen molar-refractivity contribution in [3.8, 4) is 23.3 Å². The van der Waals surface area contributed by atoms with Crippen molar-refractivity contribution in [1.29, 1.82) is 5.26 Å². The lowest BCUT2D eigenvalue weighted by atomic mass is 10.1. The largest absolute Gasteiger partial charge is 0.487 e. The van der Waals surface area contributed by atoms with Crippen LogP contribution in [0.1, 0.15) is 21.5 Å². The molecule has 184 valence electrons. The van der Waals surface area contributed by atoms with Gasteiger partial charge < -0.3 is 29.7 Å². The van der Waals surface area contributed by atoms with Gasteiger partial charge in [0, 0.05) is 11.9 Å². The molecule has 0 saturated carbocycles. The molecule has 4 rings (SSSR count). The van der Waals surface area contributed by atoms with Gasteiger partial charge in [-0.2, -0.15) is 10.4 Å². The second-order valence-corrected chi connectivity index (χ2v) is 7.84. The highest BCUT2D eigenvalue weighted by Gasteiger charge is 2.20. The van der Waals surface area contributed by atoms with Crippen molar-refractivity contribution in [2.75, 3.05) is 25.6 Å². The Morgan fingerprint density at radius 3 is 2.58 bits per heavy atom. The van der Waals surface area contributed by atoms with Gasteiger partial charge in [-0.3, -0.25) is 0 Å². The summed E-state index contributed by atoms with van der Waals surface area (Å²) in [6, 6.07) is 16.2. The Bertz CT molecular complexity index is 1430. The summed E-state index contributed by atoms with van der Waals surface area (Å²) in [5, 5.41) is 35.7. The fourth-order valence-electron chi connectivity index (χ4n) is 3.59. The number of fused-ring (bicyclic) bond motifs is 1. The maximum atomic E-state index is 12.1. The Morgan fingerprint density at radius 2 is 1.92 bits per heavy atom. The van der Waals surface area contributed by atoms with Crippen LogP contribution < -0.4 is 14.8 Å². The van der Waals surface area contributed by atoms with Crippen molar-refractivity contribution < 1.29 is 29.2 Å². The van der Waals surface area contributed by atoms with Crippen molar-refractivity contribution in [2.24, 2.45) is 0 Å². The summed E-state index contributed by atoms with van der Waals surface area (Å²) < 4.78 is 17.9. The second-order valence-electron chi connectivity index (χ2n) is 7.84. The van der Waals surface area contributed by atoms with Gasteiger partial charge in [-0.05, 0) is 48.9 Å². The van der Waals surface area contributed by atoms with Gasteiger partial charge >= 0.3 is 5.97 Å². The van der Waals surface area contributed by atoms with Crippen LogP contribution in [-0.2, 0) is 4.74 Å². The fraction of sp³-hybridized carbons (Fsp3) is 0.192. The third-order valence-corrected chi connectivity index (χ3v) is 5.43. The minimum absolute atomic E-state index is 0.0712. The number of nitrogens with zero attached hydrogens (tertiary/aromatic N) is 3. The van der Waals surface area contributed by atoms with Crippen molar-refractivity contribution in [3.63, 3.8) is 0 Å². The molecule has 0 aliphatic heterocycles. The minimum Gasteiger partial charge on any atom is -0.487 e. The normalized spacial score (nSPS) is 11.5. The molecule has 0 saturated heterocycles. The smallest absolute Gasteiger partial charge is 0.339 e. The number of carbonyl (C=O) groups excluding carboxylic acids is 1. The highest BCUT2D eigenvalue weighted by molar-refractivity contribution is 5.97. The first-order valence-corrected chi connectivity index (χ1v) is 11.0. The monoisotopic (exact) mass is 488 g/mol. The molecule has 1 unspecified atom stereocenters. The van der Waals surface area contributed by atoms with E-state index in [-0.39, 0.29) is 6.61 Å². The summed E-state index contributed by atoms with van der Waals surface area (Å²) in [7, 11) is 1.31. The molecular formula is C26H24N4O6. The van der Waals surface area contributed by atoms with Crippen molar-refractivity contribution >= 4 is 22.9 Å². The number of aromatic nitrogens is 2. The van der Waals surface area contributed by atoms with Gasteiger partial charge in [0.25, 0.3) is 0 Å². The standard InChI is InChI=1S/C26H24N4O6/c1-16-21(26(33)34-2)13-30-25(16)24(17(11-27)12-28-30)29-18-7-9-20(10-8-18)36-23-6-4-3-5-22(23)35-15-19(32)14-31/h3-10,12-13,19,29,31-32H,14-15H2,1-2H3. The van der Waals surface area contributed by atoms with Crippen molar-refractivity contribution in [1.82, 2.24) is 9.61 Å². The molecule has 0 aliphatic carbocycles. The van der Waals surface area contributed by atoms with Crippen molar-refractivity contribution in [3.05, 3.63) is 77.6 Å². The highest BCUT2D eigenvalue weighted by atomic mass is 16.5. The lowest BCUT2D eigenvalue weighted by molar-refractivity contribution is 0.0529. The summed E-state index contributed by atoms with van der Waals surface area (Å²) in [4.78, 5) is 12.1. The quantitative estimate of drug-likeness (QED) is 0.302. The molecule has 0 amide bonds. The van der Waals surface area contributed by atoms with Crippen LogP contribution in [-0.4, -0.2) is 52.2 Å². The zero-order chi connectivity index (χ0) is 25.7. The molecule has 2 aromatic heterocycles. The van der Waals surface area contributed by atoms with Gasteiger partial charge in [-0.1, -0.05) is 12.1 Å². The molecule has 10 heteroatoms. The van der Waals surface area contributed by atoms with E-state index >= 15 is 0 Å². The van der Waals surface area contributed by atoms with E-state index < -0.39 is 18.7 Å². The number of aryl methyl sites for hydroxylation is 1. The zero-order valence-electron chi connectivity index (χ0n) is 19.6. The summed E-state index contributed by atoms with van der Waals surface area (Å²) in [5.74, 6) is 0.922. The van der Waals surface area contributed by atoms with Gasteiger partial charge in [-0.15, -0.1) is 0 Å². The lowest BCUT2D eigenvalue weighted by Gasteiger charge is -2.15. The predicted molar refractivity (Wildman–Crippen MR) is 131 cm³/mol. The van der Waals surface area contributed by atoms with Gasteiger partial charge in [0.05, 0.1) is 42.2 Å². The SMILES string of the molecule is COC(=O)c1cn2ncc(C#N)c(Nc3ccc(Oc4ccccc4OCC(O)CO)cc3)c2c1C. The van der Waals surface area contributed by atoms with Crippen LogP contribution in [0.2, 0.25) is 0 Å². The Hall–Kier alpha value is -4.59. The number of hydrogen-bond acceptors (Lipinski definition) is 9. The van der Waals surface area contributed by atoms with E-state index in [1.54, 1.807) is 61.7 Å². The van der Waals surface area contributed by atoms with Crippen LogP contribution in [0.25, 0.3) is 5.52 Å². The molecule has 1 atom stereocenters. The first-order valence-electron chi connectivity index (χ1n) is 11.0. The third-order valence-electron chi connectivity index (χ3n) is 5.43. The molecule has 36 heavy (non-hydrogen) atoms. The van der Waals surface area contributed by atoms with E-state index in [0.29, 0.717) is 50.8 Å². The van der Waals surface area contributed by atoms with E-state index in [0.717, 1.165) is 0 Å². The van der Waals surface area contributed by atoms with E-state index in [2.05, 4.69) is 16.5 Å². The van der Waals surface area contributed by atoms with E-state index in [1.165, 1.54) is 17.8 Å². The van der Waals surface area contributed by atoms with Gasteiger partial charge in [0.2, 0.25) is 0 Å². The first kappa shape index (κ1) is 24.5. The van der Waals surface area contributed by atoms with Crippen LogP contribution >= 0.6 is 0 Å². The molecule has 0 radical (unpaired) electrons. The maximum Gasteiger partial charge on any atom is 0.339 e. The number of aliphatic hydroxyl groups excluding tert-OH is 2. The molecule has 4 aromatic rings. The van der Waals surface area contributed by atoms with Crippen LogP contribution in [0, 0.1) is 18.3 Å². The lowest BCUT2D eigenvalue weighted by Crippen LogP contribution is -2.21. The molecule has 2 aromatic carbocycles. The number of hydrogen-bond donors (Lipinski definition) is 3. The molecule has 10 nitrogen and oxygen atoms in total. The number of methoxy groups -OCH3 is 1. The number of esters is 1.